The monoisotopic (exact) mass is 302 g/mol. The second-order valence-electron chi connectivity index (χ2n) is 4.25. The van der Waals surface area contributed by atoms with E-state index in [1.54, 1.807) is 0 Å². The number of anilines is 1. The van der Waals surface area contributed by atoms with Gasteiger partial charge >= 0.3 is 0 Å². The lowest BCUT2D eigenvalue weighted by Crippen LogP contribution is -2.20. The number of carbonyl (C=O) groups is 1. The average Bonchev–Trinajstić information content (AvgIpc) is 2.53. The maximum absolute atomic E-state index is 11.4. The van der Waals surface area contributed by atoms with E-state index in [2.05, 4.69) is 31.2 Å². The SMILES string of the molecule is Cc1nn(CCN(C)C)c(C)c1NC(=O)CBr. The van der Waals surface area contributed by atoms with Gasteiger partial charge in [0.05, 0.1) is 29.0 Å². The zero-order chi connectivity index (χ0) is 13.0. The lowest BCUT2D eigenvalue weighted by atomic mass is 10.3. The van der Waals surface area contributed by atoms with Crippen LogP contribution in [0.1, 0.15) is 11.4 Å². The van der Waals surface area contributed by atoms with Crippen LogP contribution in [0.5, 0.6) is 0 Å². The molecule has 1 heterocycles. The third kappa shape index (κ3) is 3.81. The van der Waals surface area contributed by atoms with Gasteiger partial charge in [-0.05, 0) is 27.9 Å². The summed E-state index contributed by atoms with van der Waals surface area (Å²) in [4.78, 5) is 13.5. The highest BCUT2D eigenvalue weighted by atomic mass is 79.9. The number of alkyl halides is 1. The van der Waals surface area contributed by atoms with Gasteiger partial charge in [-0.3, -0.25) is 9.48 Å². The maximum atomic E-state index is 11.4. The van der Waals surface area contributed by atoms with Crippen molar-refractivity contribution in [3.8, 4) is 0 Å². The Morgan fingerprint density at radius 1 is 1.47 bits per heavy atom. The van der Waals surface area contributed by atoms with Crippen LogP contribution < -0.4 is 5.32 Å². The predicted molar refractivity (Wildman–Crippen MR) is 72.7 cm³/mol. The van der Waals surface area contributed by atoms with Crippen LogP contribution in [0.4, 0.5) is 5.69 Å². The molecule has 5 nitrogen and oxygen atoms in total. The number of amides is 1. The molecule has 0 atom stereocenters. The zero-order valence-corrected chi connectivity index (χ0v) is 12.3. The van der Waals surface area contributed by atoms with Crippen molar-refractivity contribution in [1.29, 1.82) is 0 Å². The molecule has 0 aliphatic heterocycles. The van der Waals surface area contributed by atoms with E-state index in [0.29, 0.717) is 5.33 Å². The number of nitrogens with zero attached hydrogens (tertiary/aromatic N) is 3. The van der Waals surface area contributed by atoms with Crippen molar-refractivity contribution in [2.75, 3.05) is 31.3 Å². The summed E-state index contributed by atoms with van der Waals surface area (Å²) in [5.74, 6) is -0.0524. The van der Waals surface area contributed by atoms with E-state index in [4.69, 9.17) is 0 Å². The smallest absolute Gasteiger partial charge is 0.235 e. The Kier molecular flexibility index (Phi) is 5.14. The topological polar surface area (TPSA) is 50.2 Å². The summed E-state index contributed by atoms with van der Waals surface area (Å²) in [5, 5.41) is 7.58. The molecule has 1 aromatic heterocycles. The van der Waals surface area contributed by atoms with Crippen molar-refractivity contribution in [1.82, 2.24) is 14.7 Å². The summed E-state index contributed by atoms with van der Waals surface area (Å²) in [7, 11) is 4.05. The standard InChI is InChI=1S/C11H19BrN4O/c1-8-11(13-10(17)7-12)9(2)16(14-8)6-5-15(3)4/h5-7H2,1-4H3,(H,13,17). The Balaban J connectivity index is 2.82. The van der Waals surface area contributed by atoms with Crippen molar-refractivity contribution < 1.29 is 4.79 Å². The van der Waals surface area contributed by atoms with Gasteiger partial charge in [0.15, 0.2) is 0 Å². The fraction of sp³-hybridized carbons (Fsp3) is 0.636. The Bertz CT molecular complexity index is 400. The molecule has 0 aromatic carbocycles. The molecule has 0 unspecified atom stereocenters. The van der Waals surface area contributed by atoms with Crippen LogP contribution in [-0.4, -0.2) is 46.6 Å². The van der Waals surface area contributed by atoms with Crippen molar-refractivity contribution in [2.45, 2.75) is 20.4 Å². The fourth-order valence-electron chi connectivity index (χ4n) is 1.56. The van der Waals surface area contributed by atoms with Crippen LogP contribution in [0.15, 0.2) is 0 Å². The highest BCUT2D eigenvalue weighted by Crippen LogP contribution is 2.19. The second kappa shape index (κ2) is 6.16. The van der Waals surface area contributed by atoms with Gasteiger partial charge in [-0.15, -0.1) is 0 Å². The molecule has 0 aliphatic rings. The number of aromatic nitrogens is 2. The molecule has 0 saturated carbocycles. The number of likely N-dealkylation sites (N-methyl/N-ethyl adjacent to an activating group) is 1. The van der Waals surface area contributed by atoms with Crippen molar-refractivity contribution in [2.24, 2.45) is 0 Å². The molecule has 0 bridgehead atoms. The molecule has 0 radical (unpaired) electrons. The largest absolute Gasteiger partial charge is 0.322 e. The molecule has 0 fully saturated rings. The molecule has 1 N–H and O–H groups in total. The van der Waals surface area contributed by atoms with Crippen LogP contribution in [0.2, 0.25) is 0 Å². The highest BCUT2D eigenvalue weighted by Gasteiger charge is 2.13. The van der Waals surface area contributed by atoms with E-state index in [-0.39, 0.29) is 5.91 Å². The molecular formula is C11H19BrN4O. The first-order valence-corrected chi connectivity index (χ1v) is 6.62. The summed E-state index contributed by atoms with van der Waals surface area (Å²) < 4.78 is 1.93. The molecule has 1 rings (SSSR count). The van der Waals surface area contributed by atoms with Crippen LogP contribution in [0.3, 0.4) is 0 Å². The predicted octanol–water partition coefficient (Wildman–Crippen LogP) is 1.39. The summed E-state index contributed by atoms with van der Waals surface area (Å²) in [6, 6.07) is 0. The lowest BCUT2D eigenvalue weighted by molar-refractivity contribution is -0.113. The number of rotatable bonds is 5. The maximum Gasteiger partial charge on any atom is 0.235 e. The van der Waals surface area contributed by atoms with E-state index < -0.39 is 0 Å². The van der Waals surface area contributed by atoms with Gasteiger partial charge < -0.3 is 10.2 Å². The fourth-order valence-corrected chi connectivity index (χ4v) is 1.70. The van der Waals surface area contributed by atoms with Crippen molar-refractivity contribution >= 4 is 27.5 Å². The quantitative estimate of drug-likeness (QED) is 0.837. The van der Waals surface area contributed by atoms with Gasteiger partial charge in [-0.2, -0.15) is 5.10 Å². The molecule has 0 saturated heterocycles. The van der Waals surface area contributed by atoms with E-state index in [0.717, 1.165) is 30.2 Å². The summed E-state index contributed by atoms with van der Waals surface area (Å²) in [6.45, 7) is 5.63. The summed E-state index contributed by atoms with van der Waals surface area (Å²) >= 11 is 3.13. The normalized spacial score (nSPS) is 10.9. The van der Waals surface area contributed by atoms with Crippen molar-refractivity contribution in [3.63, 3.8) is 0 Å². The molecule has 1 amide bonds. The molecular weight excluding hydrogens is 284 g/mol. The number of aryl methyl sites for hydroxylation is 1. The minimum Gasteiger partial charge on any atom is -0.322 e. The van der Waals surface area contributed by atoms with Crippen LogP contribution in [0, 0.1) is 13.8 Å². The number of carbonyl (C=O) groups excluding carboxylic acids is 1. The van der Waals surface area contributed by atoms with Gasteiger partial charge in [0.25, 0.3) is 0 Å². The van der Waals surface area contributed by atoms with Gasteiger partial charge in [-0.1, -0.05) is 15.9 Å². The van der Waals surface area contributed by atoms with E-state index in [1.807, 2.05) is 32.6 Å². The molecule has 0 spiro atoms. The molecule has 0 aliphatic carbocycles. The lowest BCUT2D eigenvalue weighted by Gasteiger charge is -2.10. The van der Waals surface area contributed by atoms with Crippen LogP contribution >= 0.6 is 15.9 Å². The third-order valence-corrected chi connectivity index (χ3v) is 3.04. The van der Waals surface area contributed by atoms with E-state index in [9.17, 15) is 4.79 Å². The number of hydrogen-bond donors (Lipinski definition) is 1. The Hall–Kier alpha value is -0.880. The Morgan fingerprint density at radius 2 is 2.12 bits per heavy atom. The number of nitrogens with one attached hydrogen (secondary N) is 1. The first kappa shape index (κ1) is 14.2. The molecule has 1 aromatic rings. The van der Waals surface area contributed by atoms with Crippen molar-refractivity contribution in [3.05, 3.63) is 11.4 Å². The Morgan fingerprint density at radius 3 is 2.65 bits per heavy atom. The summed E-state index contributed by atoms with van der Waals surface area (Å²) in [5.41, 5.74) is 2.68. The minimum atomic E-state index is -0.0524. The van der Waals surface area contributed by atoms with Crippen LogP contribution in [0.25, 0.3) is 0 Å². The first-order valence-electron chi connectivity index (χ1n) is 5.50. The van der Waals surface area contributed by atoms with Gasteiger partial charge in [0.2, 0.25) is 5.91 Å². The zero-order valence-electron chi connectivity index (χ0n) is 10.7. The van der Waals surface area contributed by atoms with Crippen LogP contribution in [-0.2, 0) is 11.3 Å². The molecule has 6 heteroatoms. The second-order valence-corrected chi connectivity index (χ2v) is 4.81. The molecule has 17 heavy (non-hydrogen) atoms. The van der Waals surface area contributed by atoms with Gasteiger partial charge in [-0.25, -0.2) is 0 Å². The van der Waals surface area contributed by atoms with E-state index in [1.165, 1.54) is 0 Å². The van der Waals surface area contributed by atoms with Gasteiger partial charge in [0, 0.05) is 6.54 Å². The average molecular weight is 303 g/mol. The van der Waals surface area contributed by atoms with E-state index >= 15 is 0 Å². The number of hydrogen-bond acceptors (Lipinski definition) is 3. The summed E-state index contributed by atoms with van der Waals surface area (Å²) in [6.07, 6.45) is 0. The third-order valence-electron chi connectivity index (χ3n) is 2.53. The number of halogens is 1. The Labute approximate surface area is 110 Å². The highest BCUT2D eigenvalue weighted by molar-refractivity contribution is 9.09. The first-order chi connectivity index (χ1) is 7.95. The minimum absolute atomic E-state index is 0.0524. The molecule has 96 valence electrons. The van der Waals surface area contributed by atoms with Gasteiger partial charge in [0.1, 0.15) is 0 Å².